The zero-order valence-corrected chi connectivity index (χ0v) is 25.9. The molecule has 0 spiro atoms. The molecule has 0 aliphatic carbocycles. The molecule has 220 valence electrons. The minimum absolute atomic E-state index is 0.0561. The number of carbonyl (C=O) groups excluding carboxylic acids is 2. The zero-order valence-electron chi connectivity index (χ0n) is 23.5. The number of halogens is 1. The molecule has 2 heterocycles. The van der Waals surface area contributed by atoms with Crippen molar-refractivity contribution in [3.63, 3.8) is 0 Å². The van der Waals surface area contributed by atoms with Gasteiger partial charge in [-0.05, 0) is 60.0 Å². The van der Waals surface area contributed by atoms with Crippen LogP contribution in [0.25, 0.3) is 5.76 Å². The third kappa shape index (κ3) is 6.40. The van der Waals surface area contributed by atoms with Gasteiger partial charge in [-0.3, -0.25) is 14.5 Å². The Morgan fingerprint density at radius 1 is 0.932 bits per heavy atom. The first kappa shape index (κ1) is 29.6. The average Bonchev–Trinajstić information content (AvgIpc) is 3.61. The van der Waals surface area contributed by atoms with E-state index in [4.69, 9.17) is 16.3 Å². The van der Waals surface area contributed by atoms with E-state index in [1.54, 1.807) is 48.5 Å². The summed E-state index contributed by atoms with van der Waals surface area (Å²) in [6.07, 6.45) is 0. The number of nitrogens with zero attached hydrogens (tertiary/aromatic N) is 3. The number of thioether (sulfide) groups is 1. The van der Waals surface area contributed by atoms with Gasteiger partial charge in [0.05, 0.1) is 11.6 Å². The molecule has 5 aromatic rings. The molecule has 7 nitrogen and oxygen atoms in total. The molecule has 0 bridgehead atoms. The van der Waals surface area contributed by atoms with E-state index in [1.807, 2.05) is 55.5 Å². The zero-order chi connectivity index (χ0) is 30.6. The predicted octanol–water partition coefficient (Wildman–Crippen LogP) is 8.00. The van der Waals surface area contributed by atoms with Gasteiger partial charge in [-0.2, -0.15) is 0 Å². The fraction of sp³-hybridized carbons (Fsp3) is 0.118. The van der Waals surface area contributed by atoms with Crippen LogP contribution in [0.5, 0.6) is 5.75 Å². The number of benzene rings is 4. The van der Waals surface area contributed by atoms with Gasteiger partial charge in [0, 0.05) is 16.3 Å². The van der Waals surface area contributed by atoms with E-state index >= 15 is 0 Å². The molecule has 44 heavy (non-hydrogen) atoms. The highest BCUT2D eigenvalue weighted by Gasteiger charge is 2.48. The lowest BCUT2D eigenvalue weighted by atomic mass is 9.95. The molecule has 1 aromatic heterocycles. The number of ether oxygens (including phenoxy) is 1. The Balaban J connectivity index is 1.30. The van der Waals surface area contributed by atoms with Crippen molar-refractivity contribution in [2.24, 2.45) is 0 Å². The number of carbonyl (C=O) groups is 2. The van der Waals surface area contributed by atoms with Crippen molar-refractivity contribution in [1.82, 2.24) is 10.2 Å². The number of anilines is 1. The lowest BCUT2D eigenvalue weighted by molar-refractivity contribution is -0.132. The number of ketones is 1. The first-order valence-electron chi connectivity index (χ1n) is 13.7. The van der Waals surface area contributed by atoms with Gasteiger partial charge in [0.25, 0.3) is 5.78 Å². The summed E-state index contributed by atoms with van der Waals surface area (Å²) in [7, 11) is 0. The first-order valence-corrected chi connectivity index (χ1v) is 15.9. The smallest absolute Gasteiger partial charge is 0.301 e. The summed E-state index contributed by atoms with van der Waals surface area (Å²) in [6, 6.07) is 30.7. The van der Waals surface area contributed by atoms with Crippen molar-refractivity contribution < 1.29 is 19.4 Å². The lowest BCUT2D eigenvalue weighted by Crippen LogP contribution is -2.29. The Bertz CT molecular complexity index is 1860. The second-order valence-corrected chi connectivity index (χ2v) is 12.8. The van der Waals surface area contributed by atoms with Crippen LogP contribution in [0.1, 0.15) is 33.9 Å². The summed E-state index contributed by atoms with van der Waals surface area (Å²) in [4.78, 5) is 28.3. The monoisotopic (exact) mass is 639 g/mol. The maximum atomic E-state index is 13.5. The summed E-state index contributed by atoms with van der Waals surface area (Å²) in [5, 5.41) is 20.7. The molecule has 1 amide bonds. The summed E-state index contributed by atoms with van der Waals surface area (Å²) < 4.78 is 6.57. The van der Waals surface area contributed by atoms with Gasteiger partial charge in [0.15, 0.2) is 4.34 Å². The Morgan fingerprint density at radius 2 is 1.68 bits per heavy atom. The fourth-order valence-corrected chi connectivity index (χ4v) is 6.95. The second-order valence-electron chi connectivity index (χ2n) is 10.2. The fourth-order valence-electron chi connectivity index (χ4n) is 4.93. The highest BCUT2D eigenvalue weighted by molar-refractivity contribution is 8.00. The van der Waals surface area contributed by atoms with Crippen LogP contribution in [0.3, 0.4) is 0 Å². The number of hydrogen-bond acceptors (Lipinski definition) is 8. The number of hydrogen-bond donors (Lipinski definition) is 1. The second kappa shape index (κ2) is 13.1. The van der Waals surface area contributed by atoms with Crippen LogP contribution in [0.15, 0.2) is 113 Å². The number of Topliss-reactive ketones (excluding diaryl/α,β-unsaturated/α-hetero) is 1. The van der Waals surface area contributed by atoms with Crippen LogP contribution >= 0.6 is 34.7 Å². The number of aliphatic hydroxyl groups excluding tert-OH is 1. The van der Waals surface area contributed by atoms with E-state index in [9.17, 15) is 14.7 Å². The SMILES string of the molecule is Cc1cccc(COc2ccc(C(O)=C3C(=O)C(=O)N(c4nnc(SCc5ccccc5)s4)C3c3cccc(Cl)c3)cc2)c1. The van der Waals surface area contributed by atoms with Crippen molar-refractivity contribution in [1.29, 1.82) is 0 Å². The third-order valence-corrected chi connectivity index (χ3v) is 9.39. The molecule has 4 aromatic carbocycles. The molecular formula is C34H26ClN3O4S2. The van der Waals surface area contributed by atoms with Gasteiger partial charge in [-0.15, -0.1) is 10.2 Å². The molecule has 0 saturated carbocycles. The molecule has 6 rings (SSSR count). The number of aryl methyl sites for hydroxylation is 1. The van der Waals surface area contributed by atoms with Gasteiger partial charge >= 0.3 is 5.91 Å². The normalized spacial score (nSPS) is 16.0. The van der Waals surface area contributed by atoms with Gasteiger partial charge in [-0.1, -0.05) is 107 Å². The molecule has 1 atom stereocenters. The van der Waals surface area contributed by atoms with Crippen LogP contribution in [-0.2, 0) is 21.9 Å². The number of rotatable bonds is 9. The molecule has 1 N–H and O–H groups in total. The van der Waals surface area contributed by atoms with Crippen LogP contribution in [0, 0.1) is 6.92 Å². The molecule has 0 radical (unpaired) electrons. The topological polar surface area (TPSA) is 92.6 Å². The molecule has 1 fully saturated rings. The maximum absolute atomic E-state index is 13.5. The van der Waals surface area contributed by atoms with Gasteiger partial charge in [0.2, 0.25) is 5.13 Å². The van der Waals surface area contributed by atoms with Crippen molar-refractivity contribution in [3.05, 3.63) is 142 Å². The summed E-state index contributed by atoms with van der Waals surface area (Å²) in [6.45, 7) is 2.41. The largest absolute Gasteiger partial charge is 0.507 e. The van der Waals surface area contributed by atoms with E-state index in [0.717, 1.165) is 16.7 Å². The van der Waals surface area contributed by atoms with Crippen LogP contribution in [0.2, 0.25) is 5.02 Å². The maximum Gasteiger partial charge on any atom is 0.301 e. The van der Waals surface area contributed by atoms with Crippen LogP contribution in [-0.4, -0.2) is 27.0 Å². The standard InChI is InChI=1S/C34H26ClN3O4S2/c1-21-7-5-10-23(17-21)19-42-27-15-13-24(14-16-27)30(39)28-29(25-11-6-12-26(35)18-25)38(32(41)31(28)40)33-36-37-34(44-33)43-20-22-8-3-2-4-9-22/h2-18,29,39H,19-20H2,1H3. The highest BCUT2D eigenvalue weighted by Crippen LogP contribution is 2.44. The van der Waals surface area contributed by atoms with Gasteiger partial charge in [0.1, 0.15) is 18.1 Å². The Morgan fingerprint density at radius 3 is 2.43 bits per heavy atom. The Labute approximate surface area is 267 Å². The Hall–Kier alpha value is -4.44. The highest BCUT2D eigenvalue weighted by atomic mass is 35.5. The number of aliphatic hydroxyl groups is 1. The molecule has 10 heteroatoms. The van der Waals surface area contributed by atoms with E-state index in [-0.39, 0.29) is 16.5 Å². The van der Waals surface area contributed by atoms with Crippen LogP contribution in [0.4, 0.5) is 5.13 Å². The van der Waals surface area contributed by atoms with Crippen molar-refractivity contribution in [2.45, 2.75) is 29.7 Å². The summed E-state index contributed by atoms with van der Waals surface area (Å²) >= 11 is 9.03. The third-order valence-electron chi connectivity index (χ3n) is 7.03. The van der Waals surface area contributed by atoms with Gasteiger partial charge < -0.3 is 9.84 Å². The quantitative estimate of drug-likeness (QED) is 0.0574. The number of aromatic nitrogens is 2. The van der Waals surface area contributed by atoms with Gasteiger partial charge in [-0.25, -0.2) is 0 Å². The molecular weight excluding hydrogens is 614 g/mol. The van der Waals surface area contributed by atoms with Crippen molar-refractivity contribution in [3.8, 4) is 5.75 Å². The van der Waals surface area contributed by atoms with E-state index in [1.165, 1.54) is 28.0 Å². The average molecular weight is 640 g/mol. The van der Waals surface area contributed by atoms with E-state index in [2.05, 4.69) is 16.3 Å². The predicted molar refractivity (Wildman–Crippen MR) is 174 cm³/mol. The molecule has 1 aliphatic heterocycles. The lowest BCUT2D eigenvalue weighted by Gasteiger charge is -2.22. The van der Waals surface area contributed by atoms with E-state index < -0.39 is 17.7 Å². The molecule has 1 saturated heterocycles. The minimum Gasteiger partial charge on any atom is -0.507 e. The van der Waals surface area contributed by atoms with Crippen molar-refractivity contribution >= 4 is 57.3 Å². The van der Waals surface area contributed by atoms with Crippen LogP contribution < -0.4 is 9.64 Å². The first-order chi connectivity index (χ1) is 21.4. The minimum atomic E-state index is -0.953. The molecule has 1 unspecified atom stereocenters. The van der Waals surface area contributed by atoms with E-state index in [0.29, 0.717) is 38.6 Å². The molecule has 1 aliphatic rings. The Kier molecular flexibility index (Phi) is 8.79. The van der Waals surface area contributed by atoms with Crippen molar-refractivity contribution in [2.75, 3.05) is 4.90 Å². The summed E-state index contributed by atoms with van der Waals surface area (Å²) in [5.41, 5.74) is 4.18. The summed E-state index contributed by atoms with van der Waals surface area (Å²) in [5.74, 6) is -0.642. The number of amides is 1.